The summed E-state index contributed by atoms with van der Waals surface area (Å²) < 4.78 is 23.8. The van der Waals surface area contributed by atoms with Crippen molar-refractivity contribution >= 4 is 62.4 Å². The van der Waals surface area contributed by atoms with E-state index in [1.54, 1.807) is 42.5 Å². The molecular weight excluding hydrogens is 862 g/mol. The molecule has 5 aromatic heterocycles. The van der Waals surface area contributed by atoms with Gasteiger partial charge in [-0.05, 0) is 74.3 Å². The van der Waals surface area contributed by atoms with Crippen LogP contribution in [0.15, 0.2) is 135 Å². The van der Waals surface area contributed by atoms with E-state index in [1.165, 1.54) is 25.3 Å². The fraction of sp³-hybridized carbons (Fsp3) is 0.176. The van der Waals surface area contributed by atoms with Gasteiger partial charge in [0.1, 0.15) is 17.3 Å². The number of para-hydroxylation sites is 1. The molecule has 0 fully saturated rings. The van der Waals surface area contributed by atoms with Gasteiger partial charge in [0, 0.05) is 92.7 Å². The largest absolute Gasteiger partial charge is 0.494 e. The lowest BCUT2D eigenvalue weighted by Crippen LogP contribution is -2.29. The summed E-state index contributed by atoms with van der Waals surface area (Å²) in [6, 6.07) is 28.2. The number of amides is 2. The number of ether oxygens (including phenoxy) is 1. The van der Waals surface area contributed by atoms with Crippen LogP contribution >= 0.6 is 0 Å². The van der Waals surface area contributed by atoms with E-state index in [0.29, 0.717) is 46.5 Å². The average molecular weight is 912 g/mol. The smallest absolute Gasteiger partial charge is 0.253 e. The lowest BCUT2D eigenvalue weighted by Gasteiger charge is -2.26. The van der Waals surface area contributed by atoms with Crippen LogP contribution in [0.25, 0.3) is 50.1 Å². The second kappa shape index (κ2) is 20.3. The number of nitrogens with zero attached hydrogens (tertiary/aromatic N) is 10. The molecule has 0 saturated carbocycles. The monoisotopic (exact) mass is 911 g/mol. The van der Waals surface area contributed by atoms with Gasteiger partial charge in [0.15, 0.2) is 0 Å². The Hall–Kier alpha value is -8.57. The molecule has 0 saturated heterocycles. The van der Waals surface area contributed by atoms with Crippen LogP contribution in [0.2, 0.25) is 0 Å². The summed E-state index contributed by atoms with van der Waals surface area (Å²) in [6.45, 7) is 5.19. The highest BCUT2D eigenvalue weighted by molar-refractivity contribution is 6.02. The Morgan fingerprint density at radius 3 is 2.47 bits per heavy atom. The third-order valence-corrected chi connectivity index (χ3v) is 11.2. The molecule has 9 aromatic rings. The minimum Gasteiger partial charge on any atom is -0.494 e. The maximum absolute atomic E-state index is 14.4. The number of pyridine rings is 1. The van der Waals surface area contributed by atoms with Crippen LogP contribution in [-0.4, -0.2) is 104 Å². The molecule has 0 atom stereocenters. The van der Waals surface area contributed by atoms with Gasteiger partial charge in [-0.3, -0.25) is 14.6 Å². The third-order valence-electron chi connectivity index (χ3n) is 11.2. The number of halogens is 1. The van der Waals surface area contributed by atoms with Crippen LogP contribution in [0.3, 0.4) is 0 Å². The molecule has 2 amide bonds. The molecule has 0 radical (unpaired) electrons. The van der Waals surface area contributed by atoms with Crippen molar-refractivity contribution in [3.8, 4) is 28.3 Å². The van der Waals surface area contributed by atoms with Gasteiger partial charge in [-0.1, -0.05) is 43.0 Å². The first-order valence-corrected chi connectivity index (χ1v) is 21.6. The van der Waals surface area contributed by atoms with Crippen molar-refractivity contribution in [1.29, 1.82) is 0 Å². The van der Waals surface area contributed by atoms with Crippen LogP contribution in [0.1, 0.15) is 21.6 Å². The van der Waals surface area contributed by atoms with E-state index < -0.39 is 11.7 Å². The van der Waals surface area contributed by atoms with Gasteiger partial charge in [-0.25, -0.2) is 28.8 Å². The predicted octanol–water partition coefficient (Wildman–Crippen LogP) is 7.94. The predicted molar refractivity (Wildman–Crippen MR) is 265 cm³/mol. The second-order valence-corrected chi connectivity index (χ2v) is 16.1. The molecule has 0 unspecified atom stereocenters. The highest BCUT2D eigenvalue weighted by atomic mass is 19.1. The van der Waals surface area contributed by atoms with Crippen molar-refractivity contribution in [1.82, 2.24) is 49.3 Å². The van der Waals surface area contributed by atoms with Crippen molar-refractivity contribution in [2.24, 2.45) is 7.05 Å². The number of benzene rings is 4. The Balaban J connectivity index is 0.000000186. The number of aryl methyl sites for hydroxylation is 1. The van der Waals surface area contributed by atoms with Gasteiger partial charge in [0.2, 0.25) is 11.9 Å². The Kier molecular flexibility index (Phi) is 13.7. The number of carbonyl (C=O) groups is 2. The van der Waals surface area contributed by atoms with Crippen molar-refractivity contribution in [3.05, 3.63) is 157 Å². The Bertz CT molecular complexity index is 3310. The van der Waals surface area contributed by atoms with Crippen LogP contribution in [0.5, 0.6) is 5.75 Å². The molecule has 0 aliphatic rings. The molecule has 344 valence electrons. The summed E-state index contributed by atoms with van der Waals surface area (Å²) in [4.78, 5) is 50.4. The average Bonchev–Trinajstić information content (AvgIpc) is 3.92. The molecule has 0 spiro atoms. The minimum absolute atomic E-state index is 0.0191. The number of anilines is 4. The van der Waals surface area contributed by atoms with Crippen LogP contribution in [0, 0.1) is 5.82 Å². The number of fused-ring (bicyclic) bond motifs is 3. The van der Waals surface area contributed by atoms with Crippen molar-refractivity contribution in [3.63, 3.8) is 0 Å². The number of hydrogen-bond acceptors (Lipinski definition) is 12. The number of likely N-dealkylation sites (N-methyl/N-ethyl adjacent to an activating group) is 2. The first kappa shape index (κ1) is 46.0. The second-order valence-electron chi connectivity index (χ2n) is 16.1. The zero-order valence-electron chi connectivity index (χ0n) is 38.5. The molecular formula is C51H50FN13O3. The molecule has 0 aliphatic heterocycles. The Morgan fingerprint density at radius 1 is 0.868 bits per heavy atom. The minimum atomic E-state index is -0.616. The number of methoxy groups -OCH3 is 1. The van der Waals surface area contributed by atoms with Crippen molar-refractivity contribution in [2.45, 2.75) is 6.42 Å². The molecule has 0 bridgehead atoms. The number of carbonyl (C=O) groups excluding carboxylic acids is 2. The third kappa shape index (κ3) is 10.1. The van der Waals surface area contributed by atoms with E-state index in [0.717, 1.165) is 63.1 Å². The molecule has 68 heavy (non-hydrogen) atoms. The summed E-state index contributed by atoms with van der Waals surface area (Å²) in [5.41, 5.74) is 8.90. The maximum atomic E-state index is 14.4. The van der Waals surface area contributed by atoms with Gasteiger partial charge >= 0.3 is 0 Å². The Labute approximate surface area is 392 Å². The van der Waals surface area contributed by atoms with Crippen LogP contribution in [-0.2, 0) is 18.3 Å². The van der Waals surface area contributed by atoms with Crippen LogP contribution < -0.4 is 25.6 Å². The molecule has 0 aliphatic carbocycles. The van der Waals surface area contributed by atoms with Gasteiger partial charge in [-0.15, -0.1) is 0 Å². The fourth-order valence-corrected chi connectivity index (χ4v) is 7.65. The van der Waals surface area contributed by atoms with E-state index >= 15 is 0 Å². The number of nitrogens with one attached hydrogen (secondary N) is 3. The summed E-state index contributed by atoms with van der Waals surface area (Å²) in [5.74, 6) is 0.0830. The molecule has 3 N–H and O–H groups in total. The topological polar surface area (TPSA) is 173 Å². The zero-order valence-corrected chi connectivity index (χ0v) is 38.5. The summed E-state index contributed by atoms with van der Waals surface area (Å²) in [6.07, 6.45) is 10.7. The standard InChI is InChI=1S/C28H33N7O2.C23H17FN6O/c1-7-27(36)30-22-16-23(26(37-6)17-25(22)34(4)15-14-33(2)3)32-28-29-13-12-21(31-28)20-18-35(5)24-11-9-8-10-19(20)24;1-25-22(31)18-6-5-16(11-19(18)24)21-13-28-23-27-12-17(30(23)29-21)10-14-4-7-20-15(9-14)3-2-8-26-20/h7-13,16-18H,1,14-15H2,2-6H3,(H,30,36)(H,29,31,32);2-9,11-13H,10H2,1H3,(H,25,31). The summed E-state index contributed by atoms with van der Waals surface area (Å²) in [7, 11) is 11.1. The number of aromatic nitrogens is 8. The van der Waals surface area contributed by atoms with Gasteiger partial charge in [-0.2, -0.15) is 5.10 Å². The first-order chi connectivity index (χ1) is 32.9. The van der Waals surface area contributed by atoms with Gasteiger partial charge in [0.05, 0.1) is 59.0 Å². The lowest BCUT2D eigenvalue weighted by molar-refractivity contribution is -0.111. The number of hydrogen-bond donors (Lipinski definition) is 3. The van der Waals surface area contributed by atoms with E-state index in [2.05, 4.69) is 86.3 Å². The molecule has 17 heteroatoms. The SMILES string of the molecule is C=CC(=O)Nc1cc(Nc2nccc(-c3cn(C)c4ccccc34)n2)c(OC)cc1N(C)CCN(C)C.CNC(=O)c1ccc(-c2cnc3ncc(Cc4ccc5ncccc5c4)n3n2)cc1F. The zero-order chi connectivity index (χ0) is 47.9. The Morgan fingerprint density at radius 2 is 1.69 bits per heavy atom. The van der Waals surface area contributed by atoms with E-state index in [4.69, 9.17) is 9.72 Å². The molecule has 4 aromatic carbocycles. The van der Waals surface area contributed by atoms with Crippen molar-refractivity contribution < 1.29 is 18.7 Å². The summed E-state index contributed by atoms with van der Waals surface area (Å²) in [5, 5.41) is 15.4. The van der Waals surface area contributed by atoms with Gasteiger partial charge < -0.3 is 35.1 Å². The van der Waals surface area contributed by atoms with Gasteiger partial charge in [0.25, 0.3) is 11.7 Å². The van der Waals surface area contributed by atoms with E-state index in [-0.39, 0.29) is 11.5 Å². The van der Waals surface area contributed by atoms with Crippen molar-refractivity contribution in [2.75, 3.05) is 63.9 Å². The highest BCUT2D eigenvalue weighted by Gasteiger charge is 2.18. The normalized spacial score (nSPS) is 11.1. The van der Waals surface area contributed by atoms with E-state index in [9.17, 15) is 14.0 Å². The number of imidazole rings is 1. The van der Waals surface area contributed by atoms with E-state index in [1.807, 2.05) is 82.8 Å². The molecule has 5 heterocycles. The quantitative estimate of drug-likeness (QED) is 0.0901. The molecule has 9 rings (SSSR count). The lowest BCUT2D eigenvalue weighted by atomic mass is 10.1. The van der Waals surface area contributed by atoms with Crippen LogP contribution in [0.4, 0.5) is 27.4 Å². The highest BCUT2D eigenvalue weighted by Crippen LogP contribution is 2.38. The number of rotatable bonds is 14. The fourth-order valence-electron chi connectivity index (χ4n) is 7.65. The maximum Gasteiger partial charge on any atom is 0.253 e. The first-order valence-electron chi connectivity index (χ1n) is 21.6. The summed E-state index contributed by atoms with van der Waals surface area (Å²) >= 11 is 0. The molecule has 16 nitrogen and oxygen atoms in total.